The van der Waals surface area contributed by atoms with Crippen LogP contribution in [0.4, 0.5) is 24.7 Å². The molecule has 1 aliphatic heterocycles. The molecule has 1 aliphatic rings. The smallest absolute Gasteiger partial charge is 0.384 e. The maximum Gasteiger partial charge on any atom is 0.416 e. The minimum absolute atomic E-state index is 0.125. The second kappa shape index (κ2) is 6.62. The highest BCUT2D eigenvalue weighted by Crippen LogP contribution is 2.30. The summed E-state index contributed by atoms with van der Waals surface area (Å²) in [5, 5.41) is 0. The molecule has 1 aromatic carbocycles. The molecule has 0 saturated carbocycles. The van der Waals surface area contributed by atoms with E-state index in [4.69, 9.17) is 5.73 Å². The number of aromatic nitrogens is 1. The minimum atomic E-state index is -4.34. The number of halogens is 3. The maximum absolute atomic E-state index is 12.6. The lowest BCUT2D eigenvalue weighted by Crippen LogP contribution is -2.48. The summed E-state index contributed by atoms with van der Waals surface area (Å²) in [6.45, 7) is 2.09. The van der Waals surface area contributed by atoms with Crippen LogP contribution in [0.2, 0.25) is 0 Å². The standard InChI is InChI=1S/C17H17F3N4O/c18-17(19,20)13-2-4-14(5-3-13)23-7-9-24(10-8-23)16(25)12-1-6-15(21)22-11-12/h1-6,11H,7-10H2,(H2,21,22). The summed E-state index contributed by atoms with van der Waals surface area (Å²) in [6, 6.07) is 8.28. The van der Waals surface area contributed by atoms with Gasteiger partial charge in [-0.2, -0.15) is 13.2 Å². The lowest BCUT2D eigenvalue weighted by Gasteiger charge is -2.36. The Hall–Kier alpha value is -2.77. The maximum atomic E-state index is 12.6. The molecule has 1 saturated heterocycles. The molecule has 1 aromatic heterocycles. The van der Waals surface area contributed by atoms with Crippen LogP contribution in [0.5, 0.6) is 0 Å². The number of piperazine rings is 1. The van der Waals surface area contributed by atoms with Crippen molar-refractivity contribution in [3.05, 3.63) is 53.7 Å². The van der Waals surface area contributed by atoms with Gasteiger partial charge in [-0.3, -0.25) is 4.79 Å². The number of amides is 1. The third kappa shape index (κ3) is 3.84. The number of alkyl halides is 3. The van der Waals surface area contributed by atoms with Gasteiger partial charge in [0.1, 0.15) is 5.82 Å². The number of anilines is 2. The van der Waals surface area contributed by atoms with E-state index in [1.807, 2.05) is 4.90 Å². The van der Waals surface area contributed by atoms with Crippen molar-refractivity contribution in [2.45, 2.75) is 6.18 Å². The van der Waals surface area contributed by atoms with Crippen molar-refractivity contribution in [2.75, 3.05) is 36.8 Å². The number of hydrogen-bond donors (Lipinski definition) is 1. The fraction of sp³-hybridized carbons (Fsp3) is 0.294. The van der Waals surface area contributed by atoms with Gasteiger partial charge in [-0.1, -0.05) is 0 Å². The third-order valence-electron chi connectivity index (χ3n) is 4.16. The normalized spacial score (nSPS) is 15.3. The van der Waals surface area contributed by atoms with Crippen molar-refractivity contribution in [1.82, 2.24) is 9.88 Å². The van der Waals surface area contributed by atoms with Gasteiger partial charge in [0.05, 0.1) is 11.1 Å². The Bertz CT molecular complexity index is 736. The van der Waals surface area contributed by atoms with Gasteiger partial charge in [0, 0.05) is 38.1 Å². The van der Waals surface area contributed by atoms with E-state index in [0.29, 0.717) is 43.2 Å². The van der Waals surface area contributed by atoms with Gasteiger partial charge in [-0.05, 0) is 36.4 Å². The summed E-state index contributed by atoms with van der Waals surface area (Å²) < 4.78 is 37.9. The van der Waals surface area contributed by atoms with Gasteiger partial charge in [-0.25, -0.2) is 4.98 Å². The summed E-state index contributed by atoms with van der Waals surface area (Å²) in [6.07, 6.45) is -2.89. The van der Waals surface area contributed by atoms with Gasteiger partial charge in [0.25, 0.3) is 5.91 Å². The zero-order chi connectivity index (χ0) is 18.0. The van der Waals surface area contributed by atoms with E-state index >= 15 is 0 Å². The predicted molar refractivity (Wildman–Crippen MR) is 88.2 cm³/mol. The van der Waals surface area contributed by atoms with E-state index in [1.54, 1.807) is 17.0 Å². The second-order valence-corrected chi connectivity index (χ2v) is 5.80. The molecule has 0 spiro atoms. The highest BCUT2D eigenvalue weighted by molar-refractivity contribution is 5.94. The highest BCUT2D eigenvalue weighted by atomic mass is 19.4. The monoisotopic (exact) mass is 350 g/mol. The average molecular weight is 350 g/mol. The molecular formula is C17H17F3N4O. The van der Waals surface area contributed by atoms with Crippen LogP contribution in [-0.2, 0) is 6.18 Å². The molecular weight excluding hydrogens is 333 g/mol. The van der Waals surface area contributed by atoms with E-state index in [9.17, 15) is 18.0 Å². The summed E-state index contributed by atoms with van der Waals surface area (Å²) >= 11 is 0. The summed E-state index contributed by atoms with van der Waals surface area (Å²) in [5.41, 5.74) is 6.03. The molecule has 5 nitrogen and oxygen atoms in total. The van der Waals surface area contributed by atoms with E-state index in [-0.39, 0.29) is 5.91 Å². The molecule has 1 amide bonds. The predicted octanol–water partition coefficient (Wildman–Crippen LogP) is 2.65. The van der Waals surface area contributed by atoms with Gasteiger partial charge in [0.15, 0.2) is 0 Å². The van der Waals surface area contributed by atoms with Crippen LogP contribution in [0.15, 0.2) is 42.6 Å². The summed E-state index contributed by atoms with van der Waals surface area (Å²) in [5.74, 6) is 0.225. The van der Waals surface area contributed by atoms with Gasteiger partial charge in [-0.15, -0.1) is 0 Å². The topological polar surface area (TPSA) is 62.5 Å². The number of nitrogen functional groups attached to an aromatic ring is 1. The molecule has 2 aromatic rings. The first-order valence-electron chi connectivity index (χ1n) is 7.77. The van der Waals surface area contributed by atoms with Crippen LogP contribution in [0.3, 0.4) is 0 Å². The Balaban J connectivity index is 1.61. The van der Waals surface area contributed by atoms with Crippen LogP contribution in [0.1, 0.15) is 15.9 Å². The molecule has 0 atom stereocenters. The zero-order valence-corrected chi connectivity index (χ0v) is 13.3. The van der Waals surface area contributed by atoms with Crippen LogP contribution < -0.4 is 10.6 Å². The molecule has 0 radical (unpaired) electrons. The largest absolute Gasteiger partial charge is 0.416 e. The number of benzene rings is 1. The summed E-state index contributed by atoms with van der Waals surface area (Å²) in [7, 11) is 0. The van der Waals surface area contributed by atoms with E-state index in [1.165, 1.54) is 18.3 Å². The molecule has 1 fully saturated rings. The van der Waals surface area contributed by atoms with Crippen molar-refractivity contribution in [2.24, 2.45) is 0 Å². The molecule has 0 aliphatic carbocycles. The average Bonchev–Trinajstić information content (AvgIpc) is 2.61. The van der Waals surface area contributed by atoms with Crippen molar-refractivity contribution >= 4 is 17.4 Å². The fourth-order valence-electron chi connectivity index (χ4n) is 2.74. The Labute approximate surface area is 142 Å². The van der Waals surface area contributed by atoms with Crippen molar-refractivity contribution < 1.29 is 18.0 Å². The van der Waals surface area contributed by atoms with Gasteiger partial charge in [0.2, 0.25) is 0 Å². The minimum Gasteiger partial charge on any atom is -0.384 e. The quantitative estimate of drug-likeness (QED) is 0.905. The number of rotatable bonds is 2. The lowest BCUT2D eigenvalue weighted by molar-refractivity contribution is -0.137. The first-order chi connectivity index (χ1) is 11.8. The number of carbonyl (C=O) groups is 1. The number of hydrogen-bond acceptors (Lipinski definition) is 4. The van der Waals surface area contributed by atoms with Crippen molar-refractivity contribution in [1.29, 1.82) is 0 Å². The molecule has 132 valence electrons. The highest BCUT2D eigenvalue weighted by Gasteiger charge is 2.30. The van der Waals surface area contributed by atoms with E-state index < -0.39 is 11.7 Å². The number of nitrogens with zero attached hydrogens (tertiary/aromatic N) is 3. The van der Waals surface area contributed by atoms with Crippen LogP contribution in [0, 0.1) is 0 Å². The molecule has 0 unspecified atom stereocenters. The second-order valence-electron chi connectivity index (χ2n) is 5.80. The third-order valence-corrected chi connectivity index (χ3v) is 4.16. The van der Waals surface area contributed by atoms with Crippen molar-refractivity contribution in [3.63, 3.8) is 0 Å². The van der Waals surface area contributed by atoms with Crippen LogP contribution in [-0.4, -0.2) is 42.0 Å². The van der Waals surface area contributed by atoms with Gasteiger partial charge >= 0.3 is 6.18 Å². The van der Waals surface area contributed by atoms with E-state index in [0.717, 1.165) is 12.1 Å². The first-order valence-corrected chi connectivity index (χ1v) is 7.77. The van der Waals surface area contributed by atoms with Gasteiger partial charge < -0.3 is 15.5 Å². The Morgan fingerprint density at radius 2 is 1.64 bits per heavy atom. The Kier molecular flexibility index (Phi) is 4.52. The Morgan fingerprint density at radius 1 is 1.00 bits per heavy atom. The molecule has 3 rings (SSSR count). The fourth-order valence-corrected chi connectivity index (χ4v) is 2.74. The number of nitrogens with two attached hydrogens (primary N) is 1. The first kappa shape index (κ1) is 17.1. The molecule has 0 bridgehead atoms. The molecule has 25 heavy (non-hydrogen) atoms. The van der Waals surface area contributed by atoms with Crippen LogP contribution in [0.25, 0.3) is 0 Å². The number of pyridine rings is 1. The zero-order valence-electron chi connectivity index (χ0n) is 13.3. The van der Waals surface area contributed by atoms with E-state index in [2.05, 4.69) is 4.98 Å². The van der Waals surface area contributed by atoms with Crippen LogP contribution >= 0.6 is 0 Å². The molecule has 8 heteroatoms. The summed E-state index contributed by atoms with van der Waals surface area (Å²) in [4.78, 5) is 20.0. The molecule has 2 heterocycles. The number of carbonyl (C=O) groups excluding carboxylic acids is 1. The lowest BCUT2D eigenvalue weighted by atomic mass is 10.1. The SMILES string of the molecule is Nc1ccc(C(=O)N2CCN(c3ccc(C(F)(F)F)cc3)CC2)cn1. The molecule has 2 N–H and O–H groups in total. The van der Waals surface area contributed by atoms with Crippen molar-refractivity contribution in [3.8, 4) is 0 Å². The Morgan fingerprint density at radius 3 is 2.16 bits per heavy atom.